The van der Waals surface area contributed by atoms with Crippen molar-refractivity contribution < 1.29 is 24.2 Å². The first-order valence-electron chi connectivity index (χ1n) is 5.90. The Kier molecular flexibility index (Phi) is 3.38. The van der Waals surface area contributed by atoms with E-state index in [0.29, 0.717) is 0 Å². The molecule has 0 aromatic rings. The van der Waals surface area contributed by atoms with Crippen LogP contribution in [-0.4, -0.2) is 37.9 Å². The van der Waals surface area contributed by atoms with Gasteiger partial charge in [0, 0.05) is 6.61 Å². The van der Waals surface area contributed by atoms with Crippen molar-refractivity contribution in [3.05, 3.63) is 0 Å². The first-order chi connectivity index (χ1) is 8.13. The van der Waals surface area contributed by atoms with Crippen LogP contribution in [0.2, 0.25) is 0 Å². The molecule has 17 heavy (non-hydrogen) atoms. The zero-order valence-corrected chi connectivity index (χ0v) is 10.1. The number of methoxy groups -OCH3 is 2. The molecule has 2 rings (SSSR count). The van der Waals surface area contributed by atoms with E-state index >= 15 is 0 Å². The fourth-order valence-electron chi connectivity index (χ4n) is 3.64. The summed E-state index contributed by atoms with van der Waals surface area (Å²) >= 11 is 0. The van der Waals surface area contributed by atoms with Gasteiger partial charge >= 0.3 is 11.9 Å². The number of aliphatic hydroxyl groups excluding tert-OH is 1. The number of hydrogen-bond acceptors (Lipinski definition) is 5. The fourth-order valence-corrected chi connectivity index (χ4v) is 3.64. The maximum Gasteiger partial charge on any atom is 0.309 e. The highest BCUT2D eigenvalue weighted by Gasteiger charge is 2.58. The normalized spacial score (nSPS) is 39.1. The topological polar surface area (TPSA) is 72.8 Å². The zero-order valence-electron chi connectivity index (χ0n) is 10.1. The monoisotopic (exact) mass is 242 g/mol. The van der Waals surface area contributed by atoms with E-state index in [1.54, 1.807) is 0 Å². The lowest BCUT2D eigenvalue weighted by atomic mass is 9.74. The predicted molar refractivity (Wildman–Crippen MR) is 57.8 cm³/mol. The number of aliphatic hydroxyl groups is 1. The molecule has 2 aliphatic carbocycles. The van der Waals surface area contributed by atoms with Crippen molar-refractivity contribution in [3.8, 4) is 0 Å². The highest BCUT2D eigenvalue weighted by Crippen LogP contribution is 2.55. The van der Waals surface area contributed by atoms with Gasteiger partial charge in [-0.2, -0.15) is 0 Å². The van der Waals surface area contributed by atoms with Crippen LogP contribution in [0.25, 0.3) is 0 Å². The van der Waals surface area contributed by atoms with Crippen molar-refractivity contribution in [2.45, 2.75) is 12.8 Å². The lowest BCUT2D eigenvalue weighted by molar-refractivity contribution is -0.161. The summed E-state index contributed by atoms with van der Waals surface area (Å²) < 4.78 is 9.55. The van der Waals surface area contributed by atoms with Crippen molar-refractivity contribution >= 4 is 11.9 Å². The minimum atomic E-state index is -0.441. The molecule has 5 atom stereocenters. The van der Waals surface area contributed by atoms with E-state index in [-0.39, 0.29) is 42.2 Å². The lowest BCUT2D eigenvalue weighted by Crippen LogP contribution is -2.40. The molecule has 0 aromatic heterocycles. The maximum absolute atomic E-state index is 11.8. The summed E-state index contributed by atoms with van der Waals surface area (Å²) in [5.74, 6) is -1.20. The Bertz CT molecular complexity index is 327. The average molecular weight is 242 g/mol. The smallest absolute Gasteiger partial charge is 0.309 e. The molecule has 2 bridgehead atoms. The van der Waals surface area contributed by atoms with Gasteiger partial charge in [0.15, 0.2) is 0 Å². The Hall–Kier alpha value is -1.10. The van der Waals surface area contributed by atoms with Crippen LogP contribution in [0.4, 0.5) is 0 Å². The highest BCUT2D eigenvalue weighted by atomic mass is 16.5. The average Bonchev–Trinajstić information content (AvgIpc) is 2.93. The van der Waals surface area contributed by atoms with Gasteiger partial charge in [-0.05, 0) is 30.6 Å². The molecule has 0 aliphatic heterocycles. The fraction of sp³-hybridized carbons (Fsp3) is 0.833. The van der Waals surface area contributed by atoms with Crippen LogP contribution in [0.3, 0.4) is 0 Å². The Labute approximate surface area is 100 Å². The molecule has 2 saturated carbocycles. The van der Waals surface area contributed by atoms with Gasteiger partial charge in [0.25, 0.3) is 0 Å². The zero-order chi connectivity index (χ0) is 12.6. The van der Waals surface area contributed by atoms with Crippen LogP contribution in [0.1, 0.15) is 12.8 Å². The third-order valence-electron chi connectivity index (χ3n) is 4.32. The molecule has 0 heterocycles. The molecule has 0 saturated heterocycles. The standard InChI is InChI=1S/C12H18O5/c1-16-11(14)9-6-3-7(5-13)8(4-6)10(9)12(15)17-2/h6-10,13H,3-5H2,1-2H3. The first kappa shape index (κ1) is 12.4. The van der Waals surface area contributed by atoms with Gasteiger partial charge in [0.2, 0.25) is 0 Å². The second-order valence-electron chi connectivity index (χ2n) is 4.94. The summed E-state index contributed by atoms with van der Waals surface area (Å²) in [7, 11) is 2.67. The summed E-state index contributed by atoms with van der Waals surface area (Å²) in [5.41, 5.74) is 0. The summed E-state index contributed by atoms with van der Waals surface area (Å²) in [6.45, 7) is 0.0720. The van der Waals surface area contributed by atoms with Gasteiger partial charge in [-0.3, -0.25) is 9.59 Å². The Morgan fingerprint density at radius 3 is 2.24 bits per heavy atom. The number of fused-ring (bicyclic) bond motifs is 2. The molecule has 0 radical (unpaired) electrons. The largest absolute Gasteiger partial charge is 0.469 e. The molecule has 2 fully saturated rings. The Morgan fingerprint density at radius 1 is 1.12 bits per heavy atom. The van der Waals surface area contributed by atoms with E-state index in [4.69, 9.17) is 9.47 Å². The number of carbonyl (C=O) groups excluding carboxylic acids is 2. The number of ether oxygens (including phenoxy) is 2. The Balaban J connectivity index is 2.23. The van der Waals surface area contributed by atoms with Crippen LogP contribution < -0.4 is 0 Å². The van der Waals surface area contributed by atoms with Gasteiger partial charge in [-0.25, -0.2) is 0 Å². The van der Waals surface area contributed by atoms with Crippen molar-refractivity contribution in [3.63, 3.8) is 0 Å². The summed E-state index contributed by atoms with van der Waals surface area (Å²) in [6.07, 6.45) is 1.61. The number of esters is 2. The summed E-state index contributed by atoms with van der Waals surface area (Å²) in [5, 5.41) is 9.27. The van der Waals surface area contributed by atoms with Crippen LogP contribution in [0.5, 0.6) is 0 Å². The van der Waals surface area contributed by atoms with E-state index in [9.17, 15) is 14.7 Å². The molecule has 5 nitrogen and oxygen atoms in total. The van der Waals surface area contributed by atoms with Crippen molar-refractivity contribution in [2.75, 3.05) is 20.8 Å². The van der Waals surface area contributed by atoms with Crippen LogP contribution in [-0.2, 0) is 19.1 Å². The SMILES string of the molecule is COC(=O)C1C2CC(CO)C(C2)C1C(=O)OC. The molecule has 0 amide bonds. The van der Waals surface area contributed by atoms with E-state index in [2.05, 4.69) is 0 Å². The number of carbonyl (C=O) groups is 2. The predicted octanol–water partition coefficient (Wildman–Crippen LogP) is 0.213. The van der Waals surface area contributed by atoms with Gasteiger partial charge in [0.1, 0.15) is 0 Å². The first-order valence-corrected chi connectivity index (χ1v) is 5.90. The number of hydrogen-bond donors (Lipinski definition) is 1. The minimum Gasteiger partial charge on any atom is -0.469 e. The van der Waals surface area contributed by atoms with Crippen molar-refractivity contribution in [2.24, 2.45) is 29.6 Å². The van der Waals surface area contributed by atoms with E-state index in [0.717, 1.165) is 12.8 Å². The third kappa shape index (κ3) is 1.82. The van der Waals surface area contributed by atoms with E-state index in [1.807, 2.05) is 0 Å². The van der Waals surface area contributed by atoms with Crippen molar-refractivity contribution in [1.29, 1.82) is 0 Å². The molecular weight excluding hydrogens is 224 g/mol. The quantitative estimate of drug-likeness (QED) is 0.716. The van der Waals surface area contributed by atoms with Gasteiger partial charge < -0.3 is 14.6 Å². The maximum atomic E-state index is 11.8. The summed E-state index contributed by atoms with van der Waals surface area (Å²) in [6, 6.07) is 0. The van der Waals surface area contributed by atoms with E-state index < -0.39 is 5.92 Å². The second-order valence-corrected chi connectivity index (χ2v) is 4.94. The molecule has 96 valence electrons. The molecule has 0 spiro atoms. The second kappa shape index (κ2) is 4.64. The Morgan fingerprint density at radius 2 is 1.71 bits per heavy atom. The molecule has 5 unspecified atom stereocenters. The van der Waals surface area contributed by atoms with E-state index in [1.165, 1.54) is 14.2 Å². The minimum absolute atomic E-state index is 0.0570. The molecular formula is C12H18O5. The van der Waals surface area contributed by atoms with Crippen molar-refractivity contribution in [1.82, 2.24) is 0 Å². The lowest BCUT2D eigenvalue weighted by Gasteiger charge is -2.31. The van der Waals surface area contributed by atoms with Crippen LogP contribution in [0.15, 0.2) is 0 Å². The molecule has 1 N–H and O–H groups in total. The highest BCUT2D eigenvalue weighted by molar-refractivity contribution is 5.83. The van der Waals surface area contributed by atoms with Crippen LogP contribution in [0, 0.1) is 29.6 Å². The van der Waals surface area contributed by atoms with Gasteiger partial charge in [-0.15, -0.1) is 0 Å². The molecule has 5 heteroatoms. The molecule has 2 aliphatic rings. The van der Waals surface area contributed by atoms with Crippen LogP contribution >= 0.6 is 0 Å². The molecule has 0 aromatic carbocycles. The van der Waals surface area contributed by atoms with Gasteiger partial charge in [0.05, 0.1) is 26.1 Å². The summed E-state index contributed by atoms with van der Waals surface area (Å²) in [4.78, 5) is 23.5. The van der Waals surface area contributed by atoms with Gasteiger partial charge in [-0.1, -0.05) is 0 Å². The number of rotatable bonds is 3. The third-order valence-corrected chi connectivity index (χ3v) is 4.32.